The van der Waals surface area contributed by atoms with Gasteiger partial charge < -0.3 is 14.8 Å². The molecule has 3 rings (SSSR count). The Morgan fingerprint density at radius 1 is 1.12 bits per heavy atom. The first-order valence-corrected chi connectivity index (χ1v) is 11.1. The number of fused-ring (bicyclic) bond motifs is 1. The minimum atomic E-state index is -5.08. The average Bonchev–Trinajstić information content (AvgIpc) is 3.07. The third kappa shape index (κ3) is 7.56. The Balaban J connectivity index is 0.000000509. The van der Waals surface area contributed by atoms with E-state index in [1.807, 2.05) is 32.9 Å². The van der Waals surface area contributed by atoms with Gasteiger partial charge in [-0.05, 0) is 56.2 Å². The molecule has 3 aromatic rings. The van der Waals surface area contributed by atoms with Gasteiger partial charge in [-0.3, -0.25) is 4.79 Å². The van der Waals surface area contributed by atoms with Gasteiger partial charge in [-0.1, -0.05) is 12.1 Å². The number of carboxylic acids is 1. The number of carbonyl (C=O) groups is 2. The lowest BCUT2D eigenvalue weighted by molar-refractivity contribution is -0.192. The predicted octanol–water partition coefficient (Wildman–Crippen LogP) is 3.39. The predicted molar refractivity (Wildman–Crippen MR) is 116 cm³/mol. The topological polar surface area (TPSA) is 152 Å². The van der Waals surface area contributed by atoms with Crippen LogP contribution in [-0.4, -0.2) is 47.2 Å². The summed E-state index contributed by atoms with van der Waals surface area (Å²) in [5.41, 5.74) is 2.48. The lowest BCUT2D eigenvalue weighted by Gasteiger charge is -2.19. The van der Waals surface area contributed by atoms with Gasteiger partial charge in [-0.25, -0.2) is 23.3 Å². The van der Waals surface area contributed by atoms with E-state index in [9.17, 15) is 26.4 Å². The summed E-state index contributed by atoms with van der Waals surface area (Å²) in [6, 6.07) is 10.00. The number of nitrogens with two attached hydrogens (primary N) is 1. The van der Waals surface area contributed by atoms with Gasteiger partial charge in [0.25, 0.3) is 0 Å². The Bertz CT molecular complexity index is 1290. The number of primary sulfonamides is 1. The van der Waals surface area contributed by atoms with Gasteiger partial charge >= 0.3 is 18.1 Å². The van der Waals surface area contributed by atoms with Crippen LogP contribution in [0.25, 0.3) is 22.2 Å². The molecular weight excluding hydrogens is 479 g/mol. The van der Waals surface area contributed by atoms with Crippen molar-refractivity contribution in [2.24, 2.45) is 5.14 Å². The number of aromatic amines is 1. The van der Waals surface area contributed by atoms with E-state index in [1.165, 1.54) is 12.1 Å². The maximum absolute atomic E-state index is 12.1. The van der Waals surface area contributed by atoms with Crippen molar-refractivity contribution in [2.45, 2.75) is 43.9 Å². The molecule has 9 nitrogen and oxygen atoms in total. The van der Waals surface area contributed by atoms with E-state index < -0.39 is 27.8 Å². The first-order valence-electron chi connectivity index (χ1n) is 9.59. The summed E-state index contributed by atoms with van der Waals surface area (Å²) in [5.74, 6) is -3.08. The summed E-state index contributed by atoms with van der Waals surface area (Å²) in [5, 5.41) is 13.1. The van der Waals surface area contributed by atoms with Gasteiger partial charge in [0.05, 0.1) is 11.3 Å². The number of H-pyrrole nitrogens is 1. The summed E-state index contributed by atoms with van der Waals surface area (Å²) in [6.45, 7) is 5.46. The van der Waals surface area contributed by atoms with Crippen LogP contribution in [0, 0.1) is 0 Å². The molecule has 4 N–H and O–H groups in total. The number of nitrogens with one attached hydrogen (secondary N) is 1. The number of halogens is 3. The van der Waals surface area contributed by atoms with Crippen LogP contribution in [0.4, 0.5) is 13.2 Å². The van der Waals surface area contributed by atoms with Crippen molar-refractivity contribution in [1.82, 2.24) is 9.97 Å². The Morgan fingerprint density at radius 3 is 2.15 bits per heavy atom. The van der Waals surface area contributed by atoms with Gasteiger partial charge in [0.1, 0.15) is 11.2 Å². The van der Waals surface area contributed by atoms with Crippen LogP contribution in [0.5, 0.6) is 0 Å². The van der Waals surface area contributed by atoms with Crippen molar-refractivity contribution in [3.8, 4) is 11.1 Å². The molecule has 0 fully saturated rings. The van der Waals surface area contributed by atoms with Crippen LogP contribution in [0.15, 0.2) is 47.5 Å². The van der Waals surface area contributed by atoms with Crippen molar-refractivity contribution in [3.05, 3.63) is 48.3 Å². The number of nitrogens with zero attached hydrogens (tertiary/aromatic N) is 1. The number of rotatable bonds is 4. The number of hydrogen-bond donors (Lipinski definition) is 3. The largest absolute Gasteiger partial charge is 0.490 e. The zero-order valence-electron chi connectivity index (χ0n) is 18.3. The van der Waals surface area contributed by atoms with Crippen molar-refractivity contribution >= 4 is 33.0 Å². The number of ether oxygens (including phenoxy) is 1. The molecule has 0 aliphatic carbocycles. The molecule has 0 amide bonds. The number of aromatic nitrogens is 2. The normalized spacial score (nSPS) is 12.1. The fourth-order valence-electron chi connectivity index (χ4n) is 2.79. The smallest absolute Gasteiger partial charge is 0.475 e. The van der Waals surface area contributed by atoms with E-state index in [4.69, 9.17) is 19.8 Å². The molecule has 0 aliphatic rings. The zero-order chi connectivity index (χ0) is 25.9. The molecule has 0 radical (unpaired) electrons. The van der Waals surface area contributed by atoms with Crippen LogP contribution in [0.2, 0.25) is 0 Å². The minimum Gasteiger partial charge on any atom is -0.475 e. The van der Waals surface area contributed by atoms with Gasteiger partial charge in [0.2, 0.25) is 10.0 Å². The van der Waals surface area contributed by atoms with Gasteiger partial charge in [-0.15, -0.1) is 0 Å². The number of esters is 1. The summed E-state index contributed by atoms with van der Waals surface area (Å²) in [4.78, 5) is 28.4. The molecule has 13 heteroatoms. The standard InChI is InChI=1S/C19H21N3O4S.C2HF3O2/c1-19(2,3)26-17(23)11-13-10-16-15(8-9-21-18(16)22-13)12-4-6-14(7-5-12)27(20,24)25;3-2(4,5)1(6)7/h4-10H,11H2,1-3H3,(H,21,22)(H2,20,24,25);(H,6,7). The van der Waals surface area contributed by atoms with Gasteiger partial charge in [0.15, 0.2) is 0 Å². The number of sulfonamides is 1. The summed E-state index contributed by atoms with van der Waals surface area (Å²) < 4.78 is 59.9. The van der Waals surface area contributed by atoms with Crippen LogP contribution >= 0.6 is 0 Å². The molecule has 0 bridgehead atoms. The van der Waals surface area contributed by atoms with Gasteiger partial charge in [0, 0.05) is 17.3 Å². The minimum absolute atomic E-state index is 0.0521. The SMILES string of the molecule is CC(C)(C)OC(=O)Cc1cc2c(-c3ccc(S(N)(=O)=O)cc3)ccnc2[nH]1.O=C(O)C(F)(F)F. The Kier molecular flexibility index (Phi) is 7.73. The van der Waals surface area contributed by atoms with Crippen molar-refractivity contribution < 1.29 is 41.0 Å². The first-order chi connectivity index (χ1) is 15.5. The zero-order valence-corrected chi connectivity index (χ0v) is 19.1. The van der Waals surface area contributed by atoms with Crippen molar-refractivity contribution in [3.63, 3.8) is 0 Å². The molecule has 0 saturated carbocycles. The third-order valence-corrected chi connectivity index (χ3v) is 5.01. The molecule has 0 saturated heterocycles. The monoisotopic (exact) mass is 501 g/mol. The second-order valence-corrected chi connectivity index (χ2v) is 9.61. The molecule has 0 unspecified atom stereocenters. The third-order valence-electron chi connectivity index (χ3n) is 4.08. The summed E-state index contributed by atoms with van der Waals surface area (Å²) in [6.07, 6.45) is -3.32. The van der Waals surface area contributed by atoms with Crippen molar-refractivity contribution in [1.29, 1.82) is 0 Å². The summed E-state index contributed by atoms with van der Waals surface area (Å²) >= 11 is 0. The quantitative estimate of drug-likeness (QED) is 0.463. The highest BCUT2D eigenvalue weighted by molar-refractivity contribution is 7.89. The highest BCUT2D eigenvalue weighted by Gasteiger charge is 2.38. The molecule has 2 heterocycles. The number of hydrogen-bond acceptors (Lipinski definition) is 6. The summed E-state index contributed by atoms with van der Waals surface area (Å²) in [7, 11) is -3.74. The second kappa shape index (κ2) is 9.81. The van der Waals surface area contributed by atoms with Crippen LogP contribution in [0.3, 0.4) is 0 Å². The van der Waals surface area contributed by atoms with E-state index in [0.717, 1.165) is 16.5 Å². The first kappa shape index (κ1) is 26.8. The number of pyridine rings is 1. The van der Waals surface area contributed by atoms with Gasteiger partial charge in [-0.2, -0.15) is 13.2 Å². The highest BCUT2D eigenvalue weighted by atomic mass is 32.2. The van der Waals surface area contributed by atoms with E-state index in [2.05, 4.69) is 9.97 Å². The Hall–Kier alpha value is -3.45. The van der Waals surface area contributed by atoms with Crippen LogP contribution in [0.1, 0.15) is 26.5 Å². The molecule has 1 aromatic carbocycles. The van der Waals surface area contributed by atoms with Crippen LogP contribution in [-0.2, 0) is 30.8 Å². The Morgan fingerprint density at radius 2 is 1.68 bits per heavy atom. The lowest BCUT2D eigenvalue weighted by atomic mass is 10.0. The maximum Gasteiger partial charge on any atom is 0.490 e. The lowest BCUT2D eigenvalue weighted by Crippen LogP contribution is -2.24. The average molecular weight is 501 g/mol. The number of carboxylic acid groups (broad SMARTS) is 1. The molecule has 0 spiro atoms. The molecule has 2 aromatic heterocycles. The molecule has 0 aliphatic heterocycles. The Labute approximate surface area is 192 Å². The van der Waals surface area contributed by atoms with Crippen LogP contribution < -0.4 is 5.14 Å². The number of benzene rings is 1. The highest BCUT2D eigenvalue weighted by Crippen LogP contribution is 2.29. The number of alkyl halides is 3. The molecular formula is C21H22F3N3O6S. The van der Waals surface area contributed by atoms with E-state index in [-0.39, 0.29) is 17.3 Å². The molecule has 184 valence electrons. The van der Waals surface area contributed by atoms with E-state index in [0.29, 0.717) is 11.3 Å². The molecule has 34 heavy (non-hydrogen) atoms. The molecule has 0 atom stereocenters. The van der Waals surface area contributed by atoms with E-state index in [1.54, 1.807) is 18.3 Å². The maximum atomic E-state index is 12.1. The fraction of sp³-hybridized carbons (Fsp3) is 0.286. The number of aliphatic carboxylic acids is 1. The number of carbonyl (C=O) groups excluding carboxylic acids is 1. The van der Waals surface area contributed by atoms with Crippen molar-refractivity contribution in [2.75, 3.05) is 0 Å². The fourth-order valence-corrected chi connectivity index (χ4v) is 3.30. The second-order valence-electron chi connectivity index (χ2n) is 8.05. The van der Waals surface area contributed by atoms with E-state index >= 15 is 0 Å².